The highest BCUT2D eigenvalue weighted by molar-refractivity contribution is 5.93. The van der Waals surface area contributed by atoms with Crippen molar-refractivity contribution in [1.29, 1.82) is 0 Å². The average molecular weight is 301 g/mol. The molecule has 0 spiro atoms. The maximum Gasteiger partial charge on any atom is 0.252 e. The Kier molecular flexibility index (Phi) is 5.71. The third-order valence-electron chi connectivity index (χ3n) is 3.09. The molecule has 0 unspecified atom stereocenters. The zero-order valence-electron chi connectivity index (χ0n) is 12.5. The maximum absolute atomic E-state index is 12.0. The van der Waals surface area contributed by atoms with Crippen molar-refractivity contribution in [1.82, 2.24) is 10.3 Å². The molecule has 0 atom stereocenters. The van der Waals surface area contributed by atoms with E-state index >= 15 is 0 Å². The Labute approximate surface area is 129 Å². The Morgan fingerprint density at radius 3 is 2.86 bits per heavy atom. The molecule has 0 aliphatic carbocycles. The van der Waals surface area contributed by atoms with Crippen LogP contribution in [0.3, 0.4) is 0 Å². The lowest BCUT2D eigenvalue weighted by Gasteiger charge is -2.10. The van der Waals surface area contributed by atoms with E-state index in [4.69, 9.17) is 4.74 Å². The van der Waals surface area contributed by atoms with Crippen LogP contribution in [0.15, 0.2) is 42.9 Å². The summed E-state index contributed by atoms with van der Waals surface area (Å²) in [6.07, 6.45) is 6.25. The Bertz CT molecular complexity index is 614. The first-order valence-electron chi connectivity index (χ1n) is 7.24. The number of pyridine rings is 2. The van der Waals surface area contributed by atoms with Gasteiger partial charge in [0.25, 0.3) is 5.91 Å². The first-order chi connectivity index (χ1) is 10.7. The highest BCUT2D eigenvalue weighted by Crippen LogP contribution is 2.14. The third kappa shape index (κ3) is 4.44. The van der Waals surface area contributed by atoms with E-state index in [9.17, 15) is 10.0 Å². The van der Waals surface area contributed by atoms with Crippen LogP contribution in [-0.4, -0.2) is 17.5 Å². The van der Waals surface area contributed by atoms with Gasteiger partial charge in [-0.25, -0.2) is 4.98 Å². The summed E-state index contributed by atoms with van der Waals surface area (Å²) < 4.78 is 6.26. The fourth-order valence-electron chi connectivity index (χ4n) is 1.84. The second-order valence-corrected chi connectivity index (χ2v) is 4.80. The second kappa shape index (κ2) is 7.97. The Hall–Kier alpha value is -2.63. The topological polar surface area (TPSA) is 78.2 Å². The summed E-state index contributed by atoms with van der Waals surface area (Å²) in [6, 6.07) is 6.62. The fourth-order valence-corrected chi connectivity index (χ4v) is 1.84. The van der Waals surface area contributed by atoms with Gasteiger partial charge in [0, 0.05) is 30.4 Å². The van der Waals surface area contributed by atoms with Gasteiger partial charge in [0.2, 0.25) is 5.88 Å². The Morgan fingerprint density at radius 1 is 1.36 bits per heavy atom. The summed E-state index contributed by atoms with van der Waals surface area (Å²) in [7, 11) is 0. The van der Waals surface area contributed by atoms with E-state index in [-0.39, 0.29) is 5.91 Å². The number of nitrogens with one attached hydrogen (secondary N) is 1. The van der Waals surface area contributed by atoms with Crippen molar-refractivity contribution in [2.24, 2.45) is 0 Å². The second-order valence-electron chi connectivity index (χ2n) is 4.80. The van der Waals surface area contributed by atoms with E-state index in [0.29, 0.717) is 29.3 Å². The SMILES string of the molecule is CCCCOc1ncccc1CNC(=O)c1cc[n+]([O-])cc1. The van der Waals surface area contributed by atoms with Gasteiger partial charge in [0.1, 0.15) is 0 Å². The molecule has 22 heavy (non-hydrogen) atoms. The number of ether oxygens (including phenoxy) is 1. The monoisotopic (exact) mass is 301 g/mol. The van der Waals surface area contributed by atoms with Crippen molar-refractivity contribution in [3.8, 4) is 5.88 Å². The highest BCUT2D eigenvalue weighted by Gasteiger charge is 2.09. The lowest BCUT2D eigenvalue weighted by Crippen LogP contribution is -2.27. The van der Waals surface area contributed by atoms with E-state index in [1.54, 1.807) is 12.3 Å². The molecule has 0 saturated heterocycles. The molecule has 2 rings (SSSR count). The van der Waals surface area contributed by atoms with Crippen molar-refractivity contribution in [2.75, 3.05) is 6.61 Å². The van der Waals surface area contributed by atoms with Crippen LogP contribution >= 0.6 is 0 Å². The molecule has 6 heteroatoms. The molecule has 2 aromatic rings. The largest absolute Gasteiger partial charge is 0.619 e. The average Bonchev–Trinajstić information content (AvgIpc) is 2.54. The van der Waals surface area contributed by atoms with Crippen LogP contribution in [0, 0.1) is 5.21 Å². The minimum Gasteiger partial charge on any atom is -0.619 e. The van der Waals surface area contributed by atoms with Crippen LogP contribution in [0.2, 0.25) is 0 Å². The predicted octanol–water partition coefficient (Wildman–Crippen LogP) is 1.82. The summed E-state index contributed by atoms with van der Waals surface area (Å²) in [5.41, 5.74) is 1.26. The number of carbonyl (C=O) groups is 1. The summed E-state index contributed by atoms with van der Waals surface area (Å²) in [5, 5.41) is 13.7. The third-order valence-corrected chi connectivity index (χ3v) is 3.09. The van der Waals surface area contributed by atoms with Gasteiger partial charge in [-0.1, -0.05) is 19.4 Å². The molecule has 0 saturated carbocycles. The van der Waals surface area contributed by atoms with Crippen LogP contribution < -0.4 is 14.8 Å². The lowest BCUT2D eigenvalue weighted by molar-refractivity contribution is -0.605. The number of amides is 1. The van der Waals surface area contributed by atoms with Gasteiger partial charge in [-0.15, -0.1) is 0 Å². The highest BCUT2D eigenvalue weighted by atomic mass is 16.5. The smallest absolute Gasteiger partial charge is 0.252 e. The number of hydrogen-bond acceptors (Lipinski definition) is 4. The van der Waals surface area contributed by atoms with Gasteiger partial charge in [0.05, 0.1) is 12.2 Å². The number of nitrogens with zero attached hydrogens (tertiary/aromatic N) is 2. The predicted molar refractivity (Wildman–Crippen MR) is 81.2 cm³/mol. The first kappa shape index (κ1) is 15.8. The molecule has 2 aromatic heterocycles. The maximum atomic E-state index is 12.0. The fraction of sp³-hybridized carbons (Fsp3) is 0.312. The molecule has 1 amide bonds. The van der Waals surface area contributed by atoms with E-state index < -0.39 is 0 Å². The van der Waals surface area contributed by atoms with E-state index in [1.807, 2.05) is 6.07 Å². The van der Waals surface area contributed by atoms with Crippen molar-refractivity contribution in [3.63, 3.8) is 0 Å². The lowest BCUT2D eigenvalue weighted by atomic mass is 10.2. The van der Waals surface area contributed by atoms with Crippen LogP contribution in [0.25, 0.3) is 0 Å². The summed E-state index contributed by atoms with van der Waals surface area (Å²) in [6.45, 7) is 3.02. The molecule has 0 bridgehead atoms. The molecule has 1 N–H and O–H groups in total. The quantitative estimate of drug-likeness (QED) is 0.481. The zero-order chi connectivity index (χ0) is 15.8. The summed E-state index contributed by atoms with van der Waals surface area (Å²) in [4.78, 5) is 16.2. The van der Waals surface area contributed by atoms with Crippen molar-refractivity contribution < 1.29 is 14.3 Å². The van der Waals surface area contributed by atoms with E-state index in [2.05, 4.69) is 17.2 Å². The molecular weight excluding hydrogens is 282 g/mol. The van der Waals surface area contributed by atoms with Gasteiger partial charge in [0.15, 0.2) is 12.4 Å². The van der Waals surface area contributed by atoms with Crippen molar-refractivity contribution >= 4 is 5.91 Å². The minimum atomic E-state index is -0.246. The Morgan fingerprint density at radius 2 is 2.14 bits per heavy atom. The Balaban J connectivity index is 1.96. The molecule has 0 aliphatic rings. The zero-order valence-corrected chi connectivity index (χ0v) is 12.5. The number of rotatable bonds is 7. The van der Waals surface area contributed by atoms with Gasteiger partial charge in [-0.05, 0) is 12.5 Å². The molecule has 0 aromatic carbocycles. The number of hydrogen-bond donors (Lipinski definition) is 1. The number of unbranched alkanes of at least 4 members (excludes halogenated alkanes) is 1. The van der Waals surface area contributed by atoms with Gasteiger partial charge >= 0.3 is 0 Å². The van der Waals surface area contributed by atoms with Gasteiger partial charge < -0.3 is 15.3 Å². The van der Waals surface area contributed by atoms with E-state index in [0.717, 1.165) is 18.4 Å². The van der Waals surface area contributed by atoms with Gasteiger partial charge in [-0.2, -0.15) is 4.73 Å². The minimum absolute atomic E-state index is 0.246. The van der Waals surface area contributed by atoms with Gasteiger partial charge in [-0.3, -0.25) is 4.79 Å². The molecule has 6 nitrogen and oxygen atoms in total. The van der Waals surface area contributed by atoms with Crippen molar-refractivity contribution in [2.45, 2.75) is 26.3 Å². The molecule has 0 aliphatic heterocycles. The molecule has 0 fully saturated rings. The normalized spacial score (nSPS) is 10.2. The van der Waals surface area contributed by atoms with Crippen LogP contribution in [0.1, 0.15) is 35.7 Å². The summed E-state index contributed by atoms with van der Waals surface area (Å²) >= 11 is 0. The standard InChI is InChI=1S/C16H19N3O3/c1-2-3-11-22-16-14(5-4-8-17-16)12-18-15(20)13-6-9-19(21)10-7-13/h4-10H,2-3,11-12H2,1H3,(H,18,20). The molecule has 0 radical (unpaired) electrons. The van der Waals surface area contributed by atoms with Crippen LogP contribution in [-0.2, 0) is 6.54 Å². The molecular formula is C16H19N3O3. The van der Waals surface area contributed by atoms with E-state index in [1.165, 1.54) is 24.5 Å². The number of aromatic nitrogens is 2. The molecule has 2 heterocycles. The number of carbonyl (C=O) groups excluding carboxylic acids is 1. The first-order valence-corrected chi connectivity index (χ1v) is 7.24. The van der Waals surface area contributed by atoms with Crippen LogP contribution in [0.5, 0.6) is 5.88 Å². The van der Waals surface area contributed by atoms with Crippen LogP contribution in [0.4, 0.5) is 0 Å². The summed E-state index contributed by atoms with van der Waals surface area (Å²) in [5.74, 6) is 0.297. The van der Waals surface area contributed by atoms with Crippen molar-refractivity contribution in [3.05, 3.63) is 59.2 Å². The molecule has 116 valence electrons.